The van der Waals surface area contributed by atoms with Crippen molar-refractivity contribution in [3.8, 4) is 5.75 Å². The van der Waals surface area contributed by atoms with Gasteiger partial charge in [0.15, 0.2) is 0 Å². The summed E-state index contributed by atoms with van der Waals surface area (Å²) in [4.78, 5) is 11.5. The van der Waals surface area contributed by atoms with Gasteiger partial charge >= 0.3 is 5.97 Å². The largest absolute Gasteiger partial charge is 0.508 e. The number of phenols is 1. The van der Waals surface area contributed by atoms with Crippen molar-refractivity contribution in [2.45, 2.75) is 51.2 Å². The van der Waals surface area contributed by atoms with E-state index in [0.717, 1.165) is 24.2 Å². The van der Waals surface area contributed by atoms with E-state index in [1.165, 1.54) is 37.4 Å². The number of hydrogen-bond donors (Lipinski definition) is 1. The quantitative estimate of drug-likeness (QED) is 0.482. The van der Waals surface area contributed by atoms with Crippen molar-refractivity contribution in [2.24, 2.45) is 0 Å². The molecule has 0 unspecified atom stereocenters. The molecule has 3 nitrogen and oxygen atoms in total. The molecule has 0 aliphatic rings. The average Bonchev–Trinajstić information content (AvgIpc) is 2.48. The number of aromatic hydroxyl groups is 1. The lowest BCUT2D eigenvalue weighted by Gasteiger charge is -2.05. The second-order valence-corrected chi connectivity index (χ2v) is 6.13. The molecule has 1 N–H and O–H groups in total. The van der Waals surface area contributed by atoms with Gasteiger partial charge in [-0.1, -0.05) is 51.2 Å². The molecule has 0 fully saturated rings. The predicted molar refractivity (Wildman–Crippen MR) is 88.6 cm³/mol. The maximum atomic E-state index is 11.5. The Kier molecular flexibility index (Phi) is 9.79. The maximum Gasteiger partial charge on any atom is 0.315 e. The molecule has 1 aromatic carbocycles. The Balaban J connectivity index is 1.97. The molecular weight excluding hydrogens is 284 g/mol. The first-order valence-electron chi connectivity index (χ1n) is 7.73. The normalized spacial score (nSPS) is 10.5. The highest BCUT2D eigenvalue weighted by Gasteiger charge is 2.03. The summed E-state index contributed by atoms with van der Waals surface area (Å²) < 4.78 is 5.21. The van der Waals surface area contributed by atoms with Crippen LogP contribution < -0.4 is 0 Å². The molecule has 0 bridgehead atoms. The zero-order valence-corrected chi connectivity index (χ0v) is 13.7. The van der Waals surface area contributed by atoms with E-state index in [1.54, 1.807) is 12.1 Å². The lowest BCUT2D eigenvalue weighted by Crippen LogP contribution is -2.08. The van der Waals surface area contributed by atoms with E-state index in [2.05, 4.69) is 6.92 Å². The molecule has 0 aliphatic carbocycles. The standard InChI is InChI=1S/C17H26O3S/c1-2-3-4-5-6-7-12-20-17(19)14-21-13-15-8-10-16(18)11-9-15/h8-11,18H,2-7,12-14H2,1H3. The van der Waals surface area contributed by atoms with Gasteiger partial charge in [-0.3, -0.25) is 4.79 Å². The summed E-state index contributed by atoms with van der Waals surface area (Å²) in [5.41, 5.74) is 1.10. The molecule has 0 spiro atoms. The van der Waals surface area contributed by atoms with E-state index in [1.807, 2.05) is 12.1 Å². The molecule has 0 heterocycles. The zero-order chi connectivity index (χ0) is 15.3. The Morgan fingerprint density at radius 1 is 1.10 bits per heavy atom. The molecule has 0 amide bonds. The molecule has 118 valence electrons. The summed E-state index contributed by atoms with van der Waals surface area (Å²) >= 11 is 1.54. The van der Waals surface area contributed by atoms with Crippen LogP contribution in [0.2, 0.25) is 0 Å². The van der Waals surface area contributed by atoms with Gasteiger partial charge in [-0.2, -0.15) is 0 Å². The molecule has 0 atom stereocenters. The van der Waals surface area contributed by atoms with Crippen molar-refractivity contribution >= 4 is 17.7 Å². The highest BCUT2D eigenvalue weighted by molar-refractivity contribution is 7.99. The van der Waals surface area contributed by atoms with Crippen LogP contribution in [0.1, 0.15) is 51.0 Å². The molecular formula is C17H26O3S. The molecule has 4 heteroatoms. The Labute approximate surface area is 132 Å². The molecule has 0 saturated carbocycles. The highest BCUT2D eigenvalue weighted by Crippen LogP contribution is 2.15. The number of carbonyl (C=O) groups is 1. The van der Waals surface area contributed by atoms with Crippen LogP contribution in [0.4, 0.5) is 0 Å². The van der Waals surface area contributed by atoms with Crippen molar-refractivity contribution in [3.05, 3.63) is 29.8 Å². The number of benzene rings is 1. The SMILES string of the molecule is CCCCCCCCOC(=O)CSCc1ccc(O)cc1. The van der Waals surface area contributed by atoms with Crippen LogP contribution in [0.25, 0.3) is 0 Å². The van der Waals surface area contributed by atoms with Gasteiger partial charge in [-0.25, -0.2) is 0 Å². The number of rotatable bonds is 11. The third-order valence-electron chi connectivity index (χ3n) is 3.19. The summed E-state index contributed by atoms with van der Waals surface area (Å²) in [6, 6.07) is 7.05. The van der Waals surface area contributed by atoms with Gasteiger partial charge in [0, 0.05) is 5.75 Å². The third kappa shape index (κ3) is 9.40. The number of carbonyl (C=O) groups excluding carboxylic acids is 1. The monoisotopic (exact) mass is 310 g/mol. The molecule has 21 heavy (non-hydrogen) atoms. The van der Waals surface area contributed by atoms with Gasteiger partial charge in [-0.05, 0) is 24.1 Å². The summed E-state index contributed by atoms with van der Waals surface area (Å²) in [6.07, 6.45) is 7.20. The van der Waals surface area contributed by atoms with E-state index in [9.17, 15) is 9.90 Å². The van der Waals surface area contributed by atoms with Gasteiger partial charge in [0.1, 0.15) is 5.75 Å². The number of hydrogen-bond acceptors (Lipinski definition) is 4. The minimum absolute atomic E-state index is 0.132. The molecule has 0 aliphatic heterocycles. The topological polar surface area (TPSA) is 46.5 Å². The van der Waals surface area contributed by atoms with Crippen molar-refractivity contribution in [1.82, 2.24) is 0 Å². The Hall–Kier alpha value is -1.16. The van der Waals surface area contributed by atoms with E-state index < -0.39 is 0 Å². The Morgan fingerprint density at radius 2 is 1.76 bits per heavy atom. The van der Waals surface area contributed by atoms with Crippen LogP contribution in [0.15, 0.2) is 24.3 Å². The van der Waals surface area contributed by atoms with Gasteiger partial charge in [-0.15, -0.1) is 11.8 Å². The second kappa shape index (κ2) is 11.5. The number of thioether (sulfide) groups is 1. The van der Waals surface area contributed by atoms with Crippen LogP contribution in [0.5, 0.6) is 5.75 Å². The van der Waals surface area contributed by atoms with Crippen LogP contribution in [0.3, 0.4) is 0 Å². The number of phenolic OH excluding ortho intramolecular Hbond substituents is 1. The molecule has 0 saturated heterocycles. The Bertz CT molecular complexity index is 390. The molecule has 1 rings (SSSR count). The van der Waals surface area contributed by atoms with Crippen molar-refractivity contribution in [2.75, 3.05) is 12.4 Å². The fraction of sp³-hybridized carbons (Fsp3) is 0.588. The predicted octanol–water partition coefficient (Wildman–Crippen LogP) is 4.53. The van der Waals surface area contributed by atoms with Gasteiger partial charge < -0.3 is 9.84 Å². The minimum Gasteiger partial charge on any atom is -0.508 e. The summed E-state index contributed by atoms with van der Waals surface area (Å²) in [5, 5.41) is 9.18. The summed E-state index contributed by atoms with van der Waals surface area (Å²) in [5.74, 6) is 1.28. The van der Waals surface area contributed by atoms with Crippen molar-refractivity contribution < 1.29 is 14.6 Å². The first-order chi connectivity index (χ1) is 10.2. The Morgan fingerprint density at radius 3 is 2.48 bits per heavy atom. The fourth-order valence-electron chi connectivity index (χ4n) is 1.95. The van der Waals surface area contributed by atoms with Gasteiger partial charge in [0.25, 0.3) is 0 Å². The van der Waals surface area contributed by atoms with Crippen molar-refractivity contribution in [1.29, 1.82) is 0 Å². The molecule has 1 aromatic rings. The fourth-order valence-corrected chi connectivity index (χ4v) is 2.73. The van der Waals surface area contributed by atoms with Crippen LogP contribution in [-0.4, -0.2) is 23.4 Å². The van der Waals surface area contributed by atoms with Crippen LogP contribution >= 0.6 is 11.8 Å². The summed E-state index contributed by atoms with van der Waals surface area (Å²) in [6.45, 7) is 2.75. The maximum absolute atomic E-state index is 11.5. The lowest BCUT2D eigenvalue weighted by molar-refractivity contribution is -0.140. The third-order valence-corrected chi connectivity index (χ3v) is 4.16. The van der Waals surface area contributed by atoms with Crippen molar-refractivity contribution in [3.63, 3.8) is 0 Å². The average molecular weight is 310 g/mol. The minimum atomic E-state index is -0.132. The van der Waals surface area contributed by atoms with E-state index in [-0.39, 0.29) is 11.7 Å². The van der Waals surface area contributed by atoms with Gasteiger partial charge in [0.05, 0.1) is 12.4 Å². The zero-order valence-electron chi connectivity index (χ0n) is 12.8. The number of ether oxygens (including phenoxy) is 1. The molecule has 0 radical (unpaired) electrons. The van der Waals surface area contributed by atoms with E-state index >= 15 is 0 Å². The van der Waals surface area contributed by atoms with Gasteiger partial charge in [0.2, 0.25) is 0 Å². The number of unbranched alkanes of at least 4 members (excludes halogenated alkanes) is 5. The van der Waals surface area contributed by atoms with E-state index in [4.69, 9.17) is 4.74 Å². The molecule has 0 aromatic heterocycles. The van der Waals surface area contributed by atoms with E-state index in [0.29, 0.717) is 12.4 Å². The first-order valence-corrected chi connectivity index (χ1v) is 8.89. The first kappa shape index (κ1) is 17.9. The van der Waals surface area contributed by atoms with Crippen LogP contribution in [-0.2, 0) is 15.3 Å². The summed E-state index contributed by atoms with van der Waals surface area (Å²) in [7, 11) is 0. The number of esters is 1. The second-order valence-electron chi connectivity index (χ2n) is 5.15. The highest BCUT2D eigenvalue weighted by atomic mass is 32.2. The smallest absolute Gasteiger partial charge is 0.315 e. The van der Waals surface area contributed by atoms with Crippen LogP contribution in [0, 0.1) is 0 Å². The lowest BCUT2D eigenvalue weighted by atomic mass is 10.1.